The molecule has 2 atom stereocenters. The molecule has 0 saturated carbocycles. The number of ether oxygens (including phenoxy) is 1. The molecule has 2 aromatic rings. The third-order valence-electron chi connectivity index (χ3n) is 6.55. The van der Waals surface area contributed by atoms with Crippen LogP contribution in [0.1, 0.15) is 42.1 Å². The summed E-state index contributed by atoms with van der Waals surface area (Å²) in [6, 6.07) is 15.1. The highest BCUT2D eigenvalue weighted by Crippen LogP contribution is 2.43. The van der Waals surface area contributed by atoms with E-state index in [1.54, 1.807) is 21.9 Å². The molecule has 1 N–H and O–H groups in total. The molecule has 3 aliphatic heterocycles. The maximum absolute atomic E-state index is 13.2. The molecule has 7 heteroatoms. The Hall–Kier alpha value is -3.35. The summed E-state index contributed by atoms with van der Waals surface area (Å²) in [7, 11) is 0. The number of nitrogens with zero attached hydrogens (tertiary/aromatic N) is 2. The molecule has 31 heavy (non-hydrogen) atoms. The first-order valence-electron chi connectivity index (χ1n) is 10.7. The number of rotatable bonds is 5. The van der Waals surface area contributed by atoms with E-state index in [1.165, 1.54) is 0 Å². The van der Waals surface area contributed by atoms with Crippen LogP contribution in [0.4, 0.5) is 5.69 Å². The molecule has 3 aliphatic rings. The zero-order chi connectivity index (χ0) is 21.6. The molecule has 0 aromatic heterocycles. The van der Waals surface area contributed by atoms with Crippen LogP contribution in [0.5, 0.6) is 5.75 Å². The van der Waals surface area contributed by atoms with Gasteiger partial charge in [-0.25, -0.2) is 0 Å². The van der Waals surface area contributed by atoms with Crippen molar-refractivity contribution in [2.75, 3.05) is 18.0 Å². The van der Waals surface area contributed by atoms with Crippen LogP contribution in [0.2, 0.25) is 0 Å². The zero-order valence-corrected chi connectivity index (χ0v) is 17.5. The Morgan fingerprint density at radius 2 is 1.94 bits per heavy atom. The van der Waals surface area contributed by atoms with E-state index in [-0.39, 0.29) is 36.8 Å². The number of anilines is 1. The van der Waals surface area contributed by atoms with Gasteiger partial charge in [0, 0.05) is 25.8 Å². The molecule has 0 spiro atoms. The second-order valence-electron chi connectivity index (χ2n) is 8.53. The van der Waals surface area contributed by atoms with Gasteiger partial charge in [-0.3, -0.25) is 19.3 Å². The van der Waals surface area contributed by atoms with Gasteiger partial charge in [-0.2, -0.15) is 0 Å². The Balaban J connectivity index is 1.23. The standard InChI is InChI=1S/C24H25N3O4/c1-24-12-10-22(29)27(24)19-8-4-3-7-18(19)23(30)26(24)13-11-21(28)25-15-17-14-16-6-2-5-9-20(16)31-17/h2-9,17H,10-15H2,1H3,(H,25,28). The quantitative estimate of drug-likeness (QED) is 0.808. The van der Waals surface area contributed by atoms with E-state index in [9.17, 15) is 14.4 Å². The summed E-state index contributed by atoms with van der Waals surface area (Å²) in [5.74, 6) is 0.616. The van der Waals surface area contributed by atoms with E-state index in [4.69, 9.17) is 4.74 Å². The number of hydrogen-bond donors (Lipinski definition) is 1. The highest BCUT2D eigenvalue weighted by molar-refractivity contribution is 6.10. The number of nitrogens with one attached hydrogen (secondary N) is 1. The Bertz CT molecular complexity index is 1040. The van der Waals surface area contributed by atoms with Crippen LogP contribution in [0.25, 0.3) is 0 Å². The van der Waals surface area contributed by atoms with Crippen molar-refractivity contribution >= 4 is 23.4 Å². The monoisotopic (exact) mass is 419 g/mol. The van der Waals surface area contributed by atoms with Gasteiger partial charge in [-0.05, 0) is 37.1 Å². The predicted octanol–water partition coefficient (Wildman–Crippen LogP) is 2.50. The fourth-order valence-electron chi connectivity index (χ4n) is 4.94. The molecule has 3 heterocycles. The Morgan fingerprint density at radius 3 is 2.77 bits per heavy atom. The number of hydrogen-bond acceptors (Lipinski definition) is 4. The molecule has 2 aromatic carbocycles. The van der Waals surface area contributed by atoms with Crippen LogP contribution in [-0.2, 0) is 16.0 Å². The molecule has 2 unspecified atom stereocenters. The fourth-order valence-corrected chi connectivity index (χ4v) is 4.94. The van der Waals surface area contributed by atoms with Gasteiger partial charge in [0.05, 0.1) is 17.8 Å². The van der Waals surface area contributed by atoms with Gasteiger partial charge in [0.15, 0.2) is 0 Å². The van der Waals surface area contributed by atoms with Crippen molar-refractivity contribution in [2.24, 2.45) is 0 Å². The predicted molar refractivity (Wildman–Crippen MR) is 115 cm³/mol. The number of benzene rings is 2. The van der Waals surface area contributed by atoms with E-state index >= 15 is 0 Å². The first-order valence-corrected chi connectivity index (χ1v) is 10.7. The van der Waals surface area contributed by atoms with Gasteiger partial charge in [-0.15, -0.1) is 0 Å². The average Bonchev–Trinajstić information content (AvgIpc) is 3.32. The molecular weight excluding hydrogens is 394 g/mol. The SMILES string of the molecule is CC12CCC(=O)N1c1ccccc1C(=O)N2CCC(=O)NCC1Cc2ccccc2O1. The van der Waals surface area contributed by atoms with Gasteiger partial charge in [0.25, 0.3) is 5.91 Å². The number of para-hydroxylation sites is 2. The maximum atomic E-state index is 13.2. The number of amides is 3. The lowest BCUT2D eigenvalue weighted by Crippen LogP contribution is -2.62. The molecular formula is C24H25N3O4. The summed E-state index contributed by atoms with van der Waals surface area (Å²) in [6.07, 6.45) is 1.81. The third-order valence-corrected chi connectivity index (χ3v) is 6.55. The summed E-state index contributed by atoms with van der Waals surface area (Å²) in [6.45, 7) is 2.59. The summed E-state index contributed by atoms with van der Waals surface area (Å²) in [4.78, 5) is 41.8. The Kier molecular flexibility index (Phi) is 4.68. The van der Waals surface area contributed by atoms with Crippen LogP contribution in [0, 0.1) is 0 Å². The fraction of sp³-hybridized carbons (Fsp3) is 0.375. The summed E-state index contributed by atoms with van der Waals surface area (Å²) in [5.41, 5.74) is 1.58. The van der Waals surface area contributed by atoms with Crippen LogP contribution < -0.4 is 15.0 Å². The van der Waals surface area contributed by atoms with E-state index < -0.39 is 5.66 Å². The Morgan fingerprint density at radius 1 is 1.16 bits per heavy atom. The lowest BCUT2D eigenvalue weighted by molar-refractivity contribution is -0.121. The van der Waals surface area contributed by atoms with Crippen molar-refractivity contribution in [1.29, 1.82) is 0 Å². The van der Waals surface area contributed by atoms with Gasteiger partial charge < -0.3 is 15.0 Å². The van der Waals surface area contributed by atoms with Crippen LogP contribution >= 0.6 is 0 Å². The van der Waals surface area contributed by atoms with Gasteiger partial charge in [0.2, 0.25) is 11.8 Å². The van der Waals surface area contributed by atoms with Crippen molar-refractivity contribution in [2.45, 2.75) is 44.4 Å². The van der Waals surface area contributed by atoms with E-state index in [2.05, 4.69) is 5.32 Å². The van der Waals surface area contributed by atoms with Gasteiger partial charge in [0.1, 0.15) is 17.5 Å². The molecule has 3 amide bonds. The number of carbonyl (C=O) groups excluding carboxylic acids is 3. The molecule has 0 radical (unpaired) electrons. The van der Waals surface area contributed by atoms with Crippen LogP contribution in [-0.4, -0.2) is 47.5 Å². The molecule has 160 valence electrons. The van der Waals surface area contributed by atoms with Crippen molar-refractivity contribution in [3.05, 3.63) is 59.7 Å². The van der Waals surface area contributed by atoms with Gasteiger partial charge in [-0.1, -0.05) is 30.3 Å². The highest BCUT2D eigenvalue weighted by Gasteiger charge is 2.52. The lowest BCUT2D eigenvalue weighted by atomic mass is 9.98. The molecule has 5 rings (SSSR count). The first kappa shape index (κ1) is 19.6. The summed E-state index contributed by atoms with van der Waals surface area (Å²) >= 11 is 0. The van der Waals surface area contributed by atoms with Crippen molar-refractivity contribution in [1.82, 2.24) is 10.2 Å². The zero-order valence-electron chi connectivity index (χ0n) is 17.5. The van der Waals surface area contributed by atoms with Crippen LogP contribution in [0.3, 0.4) is 0 Å². The lowest BCUT2D eigenvalue weighted by Gasteiger charge is -2.48. The van der Waals surface area contributed by atoms with Crippen molar-refractivity contribution in [3.63, 3.8) is 0 Å². The molecule has 7 nitrogen and oxygen atoms in total. The second-order valence-corrected chi connectivity index (χ2v) is 8.53. The van der Waals surface area contributed by atoms with E-state index in [0.717, 1.165) is 17.7 Å². The largest absolute Gasteiger partial charge is 0.488 e. The van der Waals surface area contributed by atoms with Crippen molar-refractivity contribution in [3.8, 4) is 5.75 Å². The average molecular weight is 419 g/mol. The van der Waals surface area contributed by atoms with Gasteiger partial charge >= 0.3 is 0 Å². The minimum absolute atomic E-state index is 0.00912. The third kappa shape index (κ3) is 3.24. The molecule has 1 fully saturated rings. The minimum Gasteiger partial charge on any atom is -0.488 e. The number of carbonyl (C=O) groups is 3. The molecule has 0 bridgehead atoms. The topological polar surface area (TPSA) is 79.0 Å². The van der Waals surface area contributed by atoms with E-state index in [0.29, 0.717) is 30.6 Å². The normalized spacial score (nSPS) is 23.8. The Labute approximate surface area is 181 Å². The highest BCUT2D eigenvalue weighted by atomic mass is 16.5. The maximum Gasteiger partial charge on any atom is 0.257 e. The molecule has 0 aliphatic carbocycles. The smallest absolute Gasteiger partial charge is 0.257 e. The van der Waals surface area contributed by atoms with E-state index in [1.807, 2.05) is 43.3 Å². The van der Waals surface area contributed by atoms with Crippen LogP contribution in [0.15, 0.2) is 48.5 Å². The molecule has 1 saturated heterocycles. The number of fused-ring (bicyclic) bond motifs is 4. The van der Waals surface area contributed by atoms with Crippen molar-refractivity contribution < 1.29 is 19.1 Å². The minimum atomic E-state index is -0.737. The second kappa shape index (κ2) is 7.41. The first-order chi connectivity index (χ1) is 15.0. The summed E-state index contributed by atoms with van der Waals surface area (Å²) < 4.78 is 5.87. The summed E-state index contributed by atoms with van der Waals surface area (Å²) in [5, 5.41) is 2.93.